The Morgan fingerprint density at radius 3 is 2.42 bits per heavy atom. The Kier molecular flexibility index (Phi) is 5.63. The quantitative estimate of drug-likeness (QED) is 0.654. The van der Waals surface area contributed by atoms with Gasteiger partial charge >= 0.3 is 0 Å². The first-order chi connectivity index (χ1) is 11.4. The molecular formula is C18H21N3O3. The minimum absolute atomic E-state index is 0.0611. The number of nitroso groups, excluding NO2 is 1. The lowest BCUT2D eigenvalue weighted by Crippen LogP contribution is -2.46. The molecule has 0 radical (unpaired) electrons. The van der Waals surface area contributed by atoms with Crippen LogP contribution >= 0.6 is 0 Å². The van der Waals surface area contributed by atoms with Gasteiger partial charge in [0, 0.05) is 5.92 Å². The molecule has 0 fully saturated rings. The Hall–Kier alpha value is -2.76. The Labute approximate surface area is 140 Å². The highest BCUT2D eigenvalue weighted by atomic mass is 16.3. The van der Waals surface area contributed by atoms with Crippen LogP contribution in [0.5, 0.6) is 0 Å². The molecule has 2 aromatic rings. The van der Waals surface area contributed by atoms with Gasteiger partial charge in [0.05, 0.1) is 11.8 Å². The van der Waals surface area contributed by atoms with Crippen LogP contribution in [0.15, 0.2) is 47.8 Å². The van der Waals surface area contributed by atoms with E-state index in [2.05, 4.69) is 10.6 Å². The molecule has 0 aliphatic heterocycles. The summed E-state index contributed by atoms with van der Waals surface area (Å²) < 4.78 is 0. The summed E-state index contributed by atoms with van der Waals surface area (Å²) in [7, 11) is 0. The number of benzene rings is 2. The van der Waals surface area contributed by atoms with E-state index >= 15 is 0 Å². The second-order valence-corrected chi connectivity index (χ2v) is 6.00. The minimum atomic E-state index is -0.812. The molecule has 0 saturated carbocycles. The summed E-state index contributed by atoms with van der Waals surface area (Å²) in [6, 6.07) is 12.6. The van der Waals surface area contributed by atoms with E-state index in [9.17, 15) is 14.5 Å². The van der Waals surface area contributed by atoms with E-state index in [4.69, 9.17) is 0 Å². The predicted octanol–water partition coefficient (Wildman–Crippen LogP) is 3.01. The molecule has 2 amide bonds. The average Bonchev–Trinajstić information content (AvgIpc) is 2.58. The van der Waals surface area contributed by atoms with Crippen molar-refractivity contribution in [2.75, 3.05) is 0 Å². The average molecular weight is 327 g/mol. The lowest BCUT2D eigenvalue weighted by atomic mass is 10.0. The van der Waals surface area contributed by atoms with Gasteiger partial charge in [-0.05, 0) is 23.3 Å². The molecular weight excluding hydrogens is 306 g/mol. The van der Waals surface area contributed by atoms with Crippen molar-refractivity contribution < 1.29 is 9.59 Å². The Morgan fingerprint density at radius 1 is 1.08 bits per heavy atom. The van der Waals surface area contributed by atoms with Gasteiger partial charge in [0.1, 0.15) is 6.04 Å². The van der Waals surface area contributed by atoms with Crippen LogP contribution in [0, 0.1) is 10.8 Å². The summed E-state index contributed by atoms with van der Waals surface area (Å²) in [5.74, 6) is -1.02. The zero-order valence-corrected chi connectivity index (χ0v) is 14.0. The Balaban J connectivity index is 2.17. The number of hydrogen-bond acceptors (Lipinski definition) is 4. The van der Waals surface area contributed by atoms with E-state index in [-0.39, 0.29) is 18.4 Å². The van der Waals surface area contributed by atoms with Gasteiger partial charge in [-0.25, -0.2) is 0 Å². The molecule has 24 heavy (non-hydrogen) atoms. The third kappa shape index (κ3) is 3.95. The molecule has 0 saturated heterocycles. The second-order valence-electron chi connectivity index (χ2n) is 6.00. The zero-order valence-electron chi connectivity index (χ0n) is 14.0. The van der Waals surface area contributed by atoms with E-state index < -0.39 is 11.9 Å². The fourth-order valence-corrected chi connectivity index (χ4v) is 2.40. The van der Waals surface area contributed by atoms with Crippen molar-refractivity contribution in [3.63, 3.8) is 0 Å². The highest BCUT2D eigenvalue weighted by molar-refractivity contribution is 5.89. The lowest BCUT2D eigenvalue weighted by Gasteiger charge is -2.20. The fourth-order valence-electron chi connectivity index (χ4n) is 2.40. The van der Waals surface area contributed by atoms with Crippen molar-refractivity contribution in [3.05, 3.63) is 52.9 Å². The van der Waals surface area contributed by atoms with Gasteiger partial charge in [-0.3, -0.25) is 9.59 Å². The molecule has 0 aliphatic rings. The van der Waals surface area contributed by atoms with Crippen LogP contribution in [-0.2, 0) is 16.1 Å². The van der Waals surface area contributed by atoms with Crippen LogP contribution in [0.25, 0.3) is 10.8 Å². The molecule has 2 rings (SSSR count). The number of carbonyl (C=O) groups excluding carboxylic acids is 2. The molecule has 0 aromatic heterocycles. The van der Waals surface area contributed by atoms with Crippen molar-refractivity contribution in [2.24, 2.45) is 11.2 Å². The van der Waals surface area contributed by atoms with Gasteiger partial charge in [-0.1, -0.05) is 56.3 Å². The van der Waals surface area contributed by atoms with E-state index in [1.54, 1.807) is 20.8 Å². The highest BCUT2D eigenvalue weighted by Crippen LogP contribution is 2.20. The van der Waals surface area contributed by atoms with Crippen LogP contribution in [0.3, 0.4) is 0 Å². The molecule has 6 nitrogen and oxygen atoms in total. The first-order valence-electron chi connectivity index (χ1n) is 7.85. The van der Waals surface area contributed by atoms with E-state index in [1.807, 2.05) is 42.5 Å². The molecule has 2 aromatic carbocycles. The smallest absolute Gasteiger partial charge is 0.267 e. The van der Waals surface area contributed by atoms with Crippen molar-refractivity contribution in [3.8, 4) is 0 Å². The van der Waals surface area contributed by atoms with Crippen molar-refractivity contribution in [2.45, 2.75) is 33.4 Å². The summed E-state index contributed by atoms with van der Waals surface area (Å²) in [5.41, 5.74) is 0.823. The molecule has 1 N–H and O–H groups in total. The number of hydrogen-bond donors (Lipinski definition) is 1. The molecule has 0 unspecified atom stereocenters. The number of amides is 2. The standard InChI is InChI=1S/C18H21N3O3/c1-12(2)17(22)19-13(3)18(23)21(20-24)11-15-9-6-8-14-7-4-5-10-16(14)15/h4-10,12-13H,11H2,1-3H3,(H,19,22)/t13-/m1/s1. The van der Waals surface area contributed by atoms with E-state index in [0.29, 0.717) is 0 Å². The van der Waals surface area contributed by atoms with Gasteiger partial charge in [0.25, 0.3) is 5.91 Å². The zero-order chi connectivity index (χ0) is 17.7. The molecule has 6 heteroatoms. The topological polar surface area (TPSA) is 78.8 Å². The van der Waals surface area contributed by atoms with Crippen LogP contribution in [0.2, 0.25) is 0 Å². The summed E-state index contributed by atoms with van der Waals surface area (Å²) in [6.07, 6.45) is 0. The van der Waals surface area contributed by atoms with Crippen molar-refractivity contribution in [1.82, 2.24) is 10.3 Å². The van der Waals surface area contributed by atoms with E-state index in [1.165, 1.54) is 0 Å². The number of carbonyl (C=O) groups is 2. The first kappa shape index (κ1) is 17.6. The van der Waals surface area contributed by atoms with Crippen LogP contribution < -0.4 is 5.32 Å². The van der Waals surface area contributed by atoms with E-state index in [0.717, 1.165) is 21.3 Å². The number of nitrogens with one attached hydrogen (secondary N) is 1. The lowest BCUT2D eigenvalue weighted by molar-refractivity contribution is -0.137. The minimum Gasteiger partial charge on any atom is -0.344 e. The number of fused-ring (bicyclic) bond motifs is 1. The second kappa shape index (κ2) is 7.68. The SMILES string of the molecule is CC(C)C(=O)N[C@H](C)C(=O)N(Cc1cccc2ccccc12)N=O. The molecule has 0 heterocycles. The number of nitrogens with zero attached hydrogens (tertiary/aromatic N) is 2. The monoisotopic (exact) mass is 327 g/mol. The van der Waals surface area contributed by atoms with Crippen LogP contribution in [0.1, 0.15) is 26.3 Å². The third-order valence-electron chi connectivity index (χ3n) is 3.81. The Bertz CT molecular complexity index is 753. The van der Waals surface area contributed by atoms with Crippen molar-refractivity contribution >= 4 is 22.6 Å². The first-order valence-corrected chi connectivity index (χ1v) is 7.85. The van der Waals surface area contributed by atoms with Gasteiger partial charge in [0.2, 0.25) is 5.91 Å². The largest absolute Gasteiger partial charge is 0.344 e. The molecule has 126 valence electrons. The highest BCUT2D eigenvalue weighted by Gasteiger charge is 2.24. The van der Waals surface area contributed by atoms with Gasteiger partial charge in [0.15, 0.2) is 0 Å². The van der Waals surface area contributed by atoms with Gasteiger partial charge in [-0.15, -0.1) is 4.91 Å². The normalized spacial score (nSPS) is 12.0. The third-order valence-corrected chi connectivity index (χ3v) is 3.81. The molecule has 1 atom stereocenters. The van der Waals surface area contributed by atoms with Gasteiger partial charge < -0.3 is 5.32 Å². The molecule has 0 aliphatic carbocycles. The maximum Gasteiger partial charge on any atom is 0.267 e. The predicted molar refractivity (Wildman–Crippen MR) is 92.7 cm³/mol. The Morgan fingerprint density at radius 2 is 1.75 bits per heavy atom. The maximum absolute atomic E-state index is 12.4. The summed E-state index contributed by atoms with van der Waals surface area (Å²) >= 11 is 0. The molecule has 0 bridgehead atoms. The van der Waals surface area contributed by atoms with Crippen LogP contribution in [0.4, 0.5) is 0 Å². The maximum atomic E-state index is 12.4. The summed E-state index contributed by atoms with van der Waals surface area (Å²) in [5, 5.41) is 8.27. The van der Waals surface area contributed by atoms with Crippen LogP contribution in [-0.4, -0.2) is 22.9 Å². The fraction of sp³-hybridized carbons (Fsp3) is 0.333. The molecule has 0 spiro atoms. The number of rotatable bonds is 6. The summed E-state index contributed by atoms with van der Waals surface area (Å²) in [6.45, 7) is 5.08. The van der Waals surface area contributed by atoms with Gasteiger partial charge in [-0.2, -0.15) is 5.01 Å². The van der Waals surface area contributed by atoms with Crippen molar-refractivity contribution in [1.29, 1.82) is 0 Å². The summed E-state index contributed by atoms with van der Waals surface area (Å²) in [4.78, 5) is 35.3.